The van der Waals surface area contributed by atoms with Crippen molar-refractivity contribution in [1.82, 2.24) is 10.2 Å². The average Bonchev–Trinajstić information content (AvgIpc) is 2.83. The Morgan fingerprint density at radius 1 is 1.59 bits per heavy atom. The molecule has 4 nitrogen and oxygen atoms in total. The Hall–Kier alpha value is -0.870. The quantitative estimate of drug-likeness (QED) is 0.736. The Kier molecular flexibility index (Phi) is 4.57. The SMILES string of the molecule is CNCC1CN(C(=O)CC2C=CCC2)CCO1. The van der Waals surface area contributed by atoms with E-state index in [0.717, 1.165) is 32.5 Å². The van der Waals surface area contributed by atoms with Gasteiger partial charge in [0.1, 0.15) is 0 Å². The Balaban J connectivity index is 1.79. The molecule has 2 rings (SSSR count). The molecule has 1 fully saturated rings. The summed E-state index contributed by atoms with van der Waals surface area (Å²) in [6.07, 6.45) is 7.45. The zero-order valence-corrected chi connectivity index (χ0v) is 10.5. The summed E-state index contributed by atoms with van der Waals surface area (Å²) >= 11 is 0. The van der Waals surface area contributed by atoms with Gasteiger partial charge < -0.3 is 15.0 Å². The molecule has 0 bridgehead atoms. The number of allylic oxidation sites excluding steroid dienone is 2. The molecule has 0 spiro atoms. The molecule has 2 atom stereocenters. The lowest BCUT2D eigenvalue weighted by Gasteiger charge is -2.33. The molecular formula is C13H22N2O2. The van der Waals surface area contributed by atoms with E-state index in [1.54, 1.807) is 0 Å². The molecule has 1 amide bonds. The van der Waals surface area contributed by atoms with E-state index in [2.05, 4.69) is 17.5 Å². The van der Waals surface area contributed by atoms with Crippen LogP contribution in [0, 0.1) is 5.92 Å². The smallest absolute Gasteiger partial charge is 0.223 e. The van der Waals surface area contributed by atoms with E-state index in [1.807, 2.05) is 11.9 Å². The van der Waals surface area contributed by atoms with Crippen LogP contribution in [0.5, 0.6) is 0 Å². The number of morpholine rings is 1. The number of nitrogens with zero attached hydrogens (tertiary/aromatic N) is 1. The molecule has 0 aromatic carbocycles. The monoisotopic (exact) mass is 238 g/mol. The summed E-state index contributed by atoms with van der Waals surface area (Å²) in [7, 11) is 1.91. The molecule has 2 unspecified atom stereocenters. The van der Waals surface area contributed by atoms with Crippen LogP contribution in [-0.4, -0.2) is 50.2 Å². The number of rotatable bonds is 4. The fraction of sp³-hybridized carbons (Fsp3) is 0.769. The van der Waals surface area contributed by atoms with Crippen LogP contribution < -0.4 is 5.32 Å². The minimum atomic E-state index is 0.150. The highest BCUT2D eigenvalue weighted by molar-refractivity contribution is 5.76. The van der Waals surface area contributed by atoms with Gasteiger partial charge in [-0.05, 0) is 25.8 Å². The molecule has 96 valence electrons. The summed E-state index contributed by atoms with van der Waals surface area (Å²) in [6.45, 7) is 2.96. The highest BCUT2D eigenvalue weighted by atomic mass is 16.5. The second-order valence-corrected chi connectivity index (χ2v) is 4.86. The predicted octanol–water partition coefficient (Wildman–Crippen LogP) is 0.789. The van der Waals surface area contributed by atoms with Crippen molar-refractivity contribution < 1.29 is 9.53 Å². The summed E-state index contributed by atoms with van der Waals surface area (Å²) in [6, 6.07) is 0. The van der Waals surface area contributed by atoms with Crippen LogP contribution >= 0.6 is 0 Å². The molecule has 1 saturated heterocycles. The van der Waals surface area contributed by atoms with E-state index in [9.17, 15) is 4.79 Å². The third kappa shape index (κ3) is 3.54. The van der Waals surface area contributed by atoms with Crippen LogP contribution in [0.2, 0.25) is 0 Å². The fourth-order valence-corrected chi connectivity index (χ4v) is 2.52. The van der Waals surface area contributed by atoms with Gasteiger partial charge >= 0.3 is 0 Å². The maximum absolute atomic E-state index is 12.1. The summed E-state index contributed by atoms with van der Waals surface area (Å²) in [5.41, 5.74) is 0. The predicted molar refractivity (Wildman–Crippen MR) is 66.7 cm³/mol. The Labute approximate surface area is 103 Å². The van der Waals surface area contributed by atoms with Crippen molar-refractivity contribution >= 4 is 5.91 Å². The van der Waals surface area contributed by atoms with Gasteiger partial charge in [-0.1, -0.05) is 12.2 Å². The van der Waals surface area contributed by atoms with Crippen molar-refractivity contribution in [3.05, 3.63) is 12.2 Å². The molecule has 17 heavy (non-hydrogen) atoms. The molecule has 1 aliphatic carbocycles. The average molecular weight is 238 g/mol. The van der Waals surface area contributed by atoms with Gasteiger partial charge in [0, 0.05) is 26.1 Å². The zero-order valence-electron chi connectivity index (χ0n) is 10.5. The maximum Gasteiger partial charge on any atom is 0.223 e. The Morgan fingerprint density at radius 2 is 2.47 bits per heavy atom. The van der Waals surface area contributed by atoms with E-state index in [1.165, 1.54) is 0 Å². The van der Waals surface area contributed by atoms with Gasteiger partial charge in [0.05, 0.1) is 12.7 Å². The van der Waals surface area contributed by atoms with Gasteiger partial charge in [0.2, 0.25) is 5.91 Å². The molecule has 0 saturated carbocycles. The van der Waals surface area contributed by atoms with Gasteiger partial charge in [-0.15, -0.1) is 0 Å². The fourth-order valence-electron chi connectivity index (χ4n) is 2.52. The number of hydrogen-bond acceptors (Lipinski definition) is 3. The van der Waals surface area contributed by atoms with Crippen LogP contribution in [0.3, 0.4) is 0 Å². The number of nitrogens with one attached hydrogen (secondary N) is 1. The van der Waals surface area contributed by atoms with Crippen LogP contribution in [0.4, 0.5) is 0 Å². The molecule has 4 heteroatoms. The van der Waals surface area contributed by atoms with Crippen molar-refractivity contribution in [1.29, 1.82) is 0 Å². The first-order valence-corrected chi connectivity index (χ1v) is 6.50. The van der Waals surface area contributed by atoms with E-state index in [0.29, 0.717) is 18.9 Å². The lowest BCUT2D eigenvalue weighted by Crippen LogP contribution is -2.48. The Morgan fingerprint density at radius 3 is 3.18 bits per heavy atom. The van der Waals surface area contributed by atoms with Crippen molar-refractivity contribution in [3.8, 4) is 0 Å². The molecule has 0 aromatic heterocycles. The van der Waals surface area contributed by atoms with Crippen molar-refractivity contribution in [2.75, 3.05) is 33.3 Å². The molecule has 0 radical (unpaired) electrons. The summed E-state index contributed by atoms with van der Waals surface area (Å²) in [4.78, 5) is 14.1. The topological polar surface area (TPSA) is 41.6 Å². The summed E-state index contributed by atoms with van der Waals surface area (Å²) < 4.78 is 5.60. The zero-order chi connectivity index (χ0) is 12.1. The van der Waals surface area contributed by atoms with Crippen molar-refractivity contribution in [2.45, 2.75) is 25.4 Å². The van der Waals surface area contributed by atoms with E-state index in [-0.39, 0.29) is 12.0 Å². The van der Waals surface area contributed by atoms with Crippen molar-refractivity contribution in [2.24, 2.45) is 5.92 Å². The molecule has 1 N–H and O–H groups in total. The molecule has 0 aromatic rings. The van der Waals surface area contributed by atoms with Crippen LogP contribution in [0.1, 0.15) is 19.3 Å². The number of carbonyl (C=O) groups excluding carboxylic acids is 1. The van der Waals surface area contributed by atoms with Gasteiger partial charge in [-0.25, -0.2) is 0 Å². The largest absolute Gasteiger partial charge is 0.373 e. The standard InChI is InChI=1S/C13H22N2O2/c1-14-9-12-10-15(6-7-17-12)13(16)8-11-4-2-3-5-11/h2,4,11-12,14H,3,5-10H2,1H3. The third-order valence-corrected chi connectivity index (χ3v) is 3.47. The number of likely N-dealkylation sites (N-methyl/N-ethyl adjacent to an activating group) is 1. The minimum absolute atomic E-state index is 0.150. The van der Waals surface area contributed by atoms with E-state index >= 15 is 0 Å². The van der Waals surface area contributed by atoms with Crippen LogP contribution in [-0.2, 0) is 9.53 Å². The highest BCUT2D eigenvalue weighted by Crippen LogP contribution is 2.21. The first-order valence-electron chi connectivity index (χ1n) is 6.50. The molecular weight excluding hydrogens is 216 g/mol. The number of amides is 1. The number of ether oxygens (including phenoxy) is 1. The number of carbonyl (C=O) groups is 1. The first-order chi connectivity index (χ1) is 8.29. The second kappa shape index (κ2) is 6.17. The molecule has 1 aliphatic heterocycles. The third-order valence-electron chi connectivity index (χ3n) is 3.47. The lowest BCUT2D eigenvalue weighted by atomic mass is 10.0. The van der Waals surface area contributed by atoms with Gasteiger partial charge in [0.25, 0.3) is 0 Å². The summed E-state index contributed by atoms with van der Waals surface area (Å²) in [5, 5.41) is 3.10. The minimum Gasteiger partial charge on any atom is -0.373 e. The Bertz CT molecular complexity index is 289. The summed E-state index contributed by atoms with van der Waals surface area (Å²) in [5.74, 6) is 0.749. The highest BCUT2D eigenvalue weighted by Gasteiger charge is 2.25. The maximum atomic E-state index is 12.1. The lowest BCUT2D eigenvalue weighted by molar-refractivity contribution is -0.139. The second-order valence-electron chi connectivity index (χ2n) is 4.86. The van der Waals surface area contributed by atoms with Crippen LogP contribution in [0.15, 0.2) is 12.2 Å². The number of hydrogen-bond donors (Lipinski definition) is 1. The van der Waals surface area contributed by atoms with Crippen molar-refractivity contribution in [3.63, 3.8) is 0 Å². The normalized spacial score (nSPS) is 28.6. The van der Waals surface area contributed by atoms with E-state index in [4.69, 9.17) is 4.74 Å². The first kappa shape index (κ1) is 12.6. The van der Waals surface area contributed by atoms with Gasteiger partial charge in [0.15, 0.2) is 0 Å². The molecule has 1 heterocycles. The van der Waals surface area contributed by atoms with Crippen LogP contribution in [0.25, 0.3) is 0 Å². The van der Waals surface area contributed by atoms with Gasteiger partial charge in [-0.2, -0.15) is 0 Å². The van der Waals surface area contributed by atoms with E-state index < -0.39 is 0 Å². The van der Waals surface area contributed by atoms with Gasteiger partial charge in [-0.3, -0.25) is 4.79 Å². The molecule has 2 aliphatic rings.